The van der Waals surface area contributed by atoms with Crippen LogP contribution in [0.1, 0.15) is 25.8 Å². The third-order valence-corrected chi connectivity index (χ3v) is 4.37. The van der Waals surface area contributed by atoms with Crippen LogP contribution >= 0.6 is 11.8 Å². The molecule has 0 aliphatic heterocycles. The number of aliphatic carboxylic acids is 1. The molecule has 0 bridgehead atoms. The number of thioether (sulfide) groups is 1. The highest BCUT2D eigenvalue weighted by Crippen LogP contribution is 2.16. The molecule has 0 aromatic heterocycles. The number of carbonyl (C=O) groups excluding carboxylic acids is 1. The first-order chi connectivity index (χ1) is 11.2. The van der Waals surface area contributed by atoms with Gasteiger partial charge in [0.15, 0.2) is 0 Å². The number of rotatable bonds is 9. The number of benzene rings is 1. The van der Waals surface area contributed by atoms with Crippen LogP contribution in [0, 0.1) is 5.92 Å². The first kappa shape index (κ1) is 20.5. The summed E-state index contributed by atoms with van der Waals surface area (Å²) < 4.78 is 0. The van der Waals surface area contributed by atoms with Crippen molar-refractivity contribution in [2.45, 2.75) is 49.8 Å². The van der Waals surface area contributed by atoms with Crippen molar-refractivity contribution in [1.82, 2.24) is 5.32 Å². The normalized spacial score (nSPS) is 14.9. The average Bonchev–Trinajstić information content (AvgIpc) is 2.53. The van der Waals surface area contributed by atoms with Gasteiger partial charge >= 0.3 is 5.97 Å². The summed E-state index contributed by atoms with van der Waals surface area (Å²) in [5, 5.41) is 21.6. The zero-order valence-electron chi connectivity index (χ0n) is 14.2. The van der Waals surface area contributed by atoms with E-state index in [9.17, 15) is 14.7 Å². The fraction of sp³-hybridized carbons (Fsp3) is 0.529. The van der Waals surface area contributed by atoms with Crippen LogP contribution in [0.25, 0.3) is 0 Å². The van der Waals surface area contributed by atoms with Crippen LogP contribution in [0.15, 0.2) is 29.2 Å². The monoisotopic (exact) mass is 354 g/mol. The Morgan fingerprint density at radius 2 is 1.83 bits per heavy atom. The van der Waals surface area contributed by atoms with Crippen LogP contribution in [-0.4, -0.2) is 46.5 Å². The maximum Gasteiger partial charge on any atom is 0.326 e. The lowest BCUT2D eigenvalue weighted by atomic mass is 10.00. The molecule has 0 fully saturated rings. The van der Waals surface area contributed by atoms with E-state index in [2.05, 4.69) is 5.32 Å². The second-order valence-electron chi connectivity index (χ2n) is 6.19. The van der Waals surface area contributed by atoms with Crippen molar-refractivity contribution in [3.63, 3.8) is 0 Å². The molecule has 1 amide bonds. The molecular formula is C17H26N2O4S. The van der Waals surface area contributed by atoms with E-state index in [1.54, 1.807) is 11.8 Å². The molecule has 0 saturated carbocycles. The van der Waals surface area contributed by atoms with Crippen molar-refractivity contribution < 1.29 is 19.8 Å². The maximum absolute atomic E-state index is 12.1. The number of aliphatic hydroxyl groups excluding tert-OH is 1. The van der Waals surface area contributed by atoms with Gasteiger partial charge in [0.2, 0.25) is 0 Å². The van der Waals surface area contributed by atoms with Crippen LogP contribution in [0.2, 0.25) is 0 Å². The summed E-state index contributed by atoms with van der Waals surface area (Å²) >= 11 is 1.62. The minimum Gasteiger partial charge on any atom is -0.480 e. The molecule has 0 aliphatic carbocycles. The number of amides is 1. The van der Waals surface area contributed by atoms with Gasteiger partial charge in [-0.05, 0) is 42.7 Å². The zero-order chi connectivity index (χ0) is 18.3. The van der Waals surface area contributed by atoms with Gasteiger partial charge in [0.05, 0.1) is 0 Å². The number of nitrogens with two attached hydrogens (primary N) is 1. The Balaban J connectivity index is 2.63. The molecule has 0 heterocycles. The number of nitrogens with one attached hydrogen (secondary N) is 1. The van der Waals surface area contributed by atoms with Crippen LogP contribution < -0.4 is 11.1 Å². The lowest BCUT2D eigenvalue weighted by Crippen LogP contribution is -2.52. The smallest absolute Gasteiger partial charge is 0.326 e. The average molecular weight is 354 g/mol. The molecule has 0 spiro atoms. The van der Waals surface area contributed by atoms with Crippen LogP contribution in [0.3, 0.4) is 0 Å². The Morgan fingerprint density at radius 1 is 1.25 bits per heavy atom. The summed E-state index contributed by atoms with van der Waals surface area (Å²) in [5.74, 6) is -1.77. The standard InChI is InChI=1S/C17H26N2O4S/c1-10(2)8-14(17(22)23)19-16(21)15(20)13(18)9-11-4-6-12(24-3)7-5-11/h4-7,10,13-15,20H,8-9,18H2,1-3H3,(H,19,21)(H,22,23)/t13-,14+,15-/m1/s1. The highest BCUT2D eigenvalue weighted by atomic mass is 32.2. The Bertz CT molecular complexity index is 548. The molecule has 3 atom stereocenters. The van der Waals surface area contributed by atoms with Crippen molar-refractivity contribution in [2.75, 3.05) is 6.26 Å². The highest BCUT2D eigenvalue weighted by Gasteiger charge is 2.28. The van der Waals surface area contributed by atoms with E-state index < -0.39 is 30.1 Å². The fourth-order valence-corrected chi connectivity index (χ4v) is 2.70. The molecule has 1 aromatic rings. The topological polar surface area (TPSA) is 113 Å². The van der Waals surface area contributed by atoms with Gasteiger partial charge < -0.3 is 21.3 Å². The second kappa shape index (κ2) is 9.66. The molecular weight excluding hydrogens is 328 g/mol. The van der Waals surface area contributed by atoms with Gasteiger partial charge in [-0.15, -0.1) is 11.8 Å². The van der Waals surface area contributed by atoms with E-state index in [4.69, 9.17) is 10.8 Å². The van der Waals surface area contributed by atoms with Crippen LogP contribution in [-0.2, 0) is 16.0 Å². The number of hydrogen-bond donors (Lipinski definition) is 4. The Hall–Kier alpha value is -1.57. The lowest BCUT2D eigenvalue weighted by molar-refractivity contribution is -0.144. The van der Waals surface area contributed by atoms with E-state index in [0.29, 0.717) is 12.8 Å². The van der Waals surface area contributed by atoms with E-state index >= 15 is 0 Å². The van der Waals surface area contributed by atoms with E-state index in [1.165, 1.54) is 0 Å². The minimum absolute atomic E-state index is 0.104. The Labute approximate surface area is 146 Å². The molecule has 5 N–H and O–H groups in total. The molecule has 0 unspecified atom stereocenters. The predicted molar refractivity (Wildman–Crippen MR) is 94.9 cm³/mol. The van der Waals surface area contributed by atoms with Gasteiger partial charge in [0.1, 0.15) is 12.1 Å². The fourth-order valence-electron chi connectivity index (χ4n) is 2.29. The van der Waals surface area contributed by atoms with E-state index in [0.717, 1.165) is 10.5 Å². The van der Waals surface area contributed by atoms with Gasteiger partial charge in [-0.2, -0.15) is 0 Å². The molecule has 0 radical (unpaired) electrons. The van der Waals surface area contributed by atoms with Gasteiger partial charge in [0.25, 0.3) is 5.91 Å². The lowest BCUT2D eigenvalue weighted by Gasteiger charge is -2.22. The Kier molecular flexibility index (Phi) is 8.24. The van der Waals surface area contributed by atoms with Crippen LogP contribution in [0.5, 0.6) is 0 Å². The Morgan fingerprint density at radius 3 is 2.29 bits per heavy atom. The van der Waals surface area contributed by atoms with Crippen LogP contribution in [0.4, 0.5) is 0 Å². The van der Waals surface area contributed by atoms with Crippen molar-refractivity contribution in [2.24, 2.45) is 11.7 Å². The third kappa shape index (κ3) is 6.51. The van der Waals surface area contributed by atoms with Gasteiger partial charge in [-0.25, -0.2) is 4.79 Å². The number of carbonyl (C=O) groups is 2. The molecule has 1 aromatic carbocycles. The minimum atomic E-state index is -1.46. The highest BCUT2D eigenvalue weighted by molar-refractivity contribution is 7.98. The first-order valence-corrected chi connectivity index (χ1v) is 9.06. The molecule has 7 heteroatoms. The molecule has 6 nitrogen and oxygen atoms in total. The molecule has 1 rings (SSSR count). The molecule has 134 valence electrons. The number of hydrogen-bond acceptors (Lipinski definition) is 5. The van der Waals surface area contributed by atoms with Gasteiger partial charge in [-0.3, -0.25) is 4.79 Å². The SMILES string of the molecule is CSc1ccc(C[C@@H](N)[C@@H](O)C(=O)N[C@@H](CC(C)C)C(=O)O)cc1. The number of carboxylic acid groups (broad SMARTS) is 1. The van der Waals surface area contributed by atoms with Crippen molar-refractivity contribution in [3.05, 3.63) is 29.8 Å². The van der Waals surface area contributed by atoms with Crippen molar-refractivity contribution in [3.8, 4) is 0 Å². The first-order valence-electron chi connectivity index (χ1n) is 7.84. The quantitative estimate of drug-likeness (QED) is 0.497. The van der Waals surface area contributed by atoms with Gasteiger partial charge in [-0.1, -0.05) is 26.0 Å². The number of carboxylic acids is 1. The summed E-state index contributed by atoms with van der Waals surface area (Å²) in [6.45, 7) is 3.73. The van der Waals surface area contributed by atoms with Crippen molar-refractivity contribution >= 4 is 23.6 Å². The summed E-state index contributed by atoms with van der Waals surface area (Å²) in [5.41, 5.74) is 6.82. The third-order valence-electron chi connectivity index (χ3n) is 3.63. The second-order valence-corrected chi connectivity index (χ2v) is 7.07. The predicted octanol–water partition coefficient (Wildman–Crippen LogP) is 1.25. The molecule has 24 heavy (non-hydrogen) atoms. The largest absolute Gasteiger partial charge is 0.480 e. The van der Waals surface area contributed by atoms with Gasteiger partial charge in [0, 0.05) is 10.9 Å². The maximum atomic E-state index is 12.1. The number of aliphatic hydroxyl groups is 1. The summed E-state index contributed by atoms with van der Waals surface area (Å²) in [6.07, 6.45) is 1.13. The van der Waals surface area contributed by atoms with E-state index in [1.807, 2.05) is 44.4 Å². The summed E-state index contributed by atoms with van der Waals surface area (Å²) in [6, 6.07) is 5.85. The van der Waals surface area contributed by atoms with Crippen molar-refractivity contribution in [1.29, 1.82) is 0 Å². The molecule has 0 saturated heterocycles. The molecule has 0 aliphatic rings. The summed E-state index contributed by atoms with van der Waals surface area (Å²) in [4.78, 5) is 24.4. The zero-order valence-corrected chi connectivity index (χ0v) is 15.0. The van der Waals surface area contributed by atoms with E-state index in [-0.39, 0.29) is 5.92 Å². The summed E-state index contributed by atoms with van der Waals surface area (Å²) in [7, 11) is 0.